The third-order valence-electron chi connectivity index (χ3n) is 6.98. The molecule has 2 aliphatic rings. The van der Waals surface area contributed by atoms with Crippen LogP contribution in [0.4, 0.5) is 0 Å². The second-order valence-corrected chi connectivity index (χ2v) is 12.1. The second kappa shape index (κ2) is 8.89. The lowest BCUT2D eigenvalue weighted by Gasteiger charge is -2.36. The molecule has 7 nitrogen and oxygen atoms in total. The summed E-state index contributed by atoms with van der Waals surface area (Å²) < 4.78 is 38.3. The highest BCUT2D eigenvalue weighted by molar-refractivity contribution is 7.89. The first-order valence-electron chi connectivity index (χ1n) is 11.7. The van der Waals surface area contributed by atoms with Gasteiger partial charge in [-0.05, 0) is 41.5 Å². The maximum Gasteiger partial charge on any atom is 0.243 e. The molecule has 1 aliphatic heterocycles. The van der Waals surface area contributed by atoms with E-state index in [1.165, 1.54) is 36.2 Å². The van der Waals surface area contributed by atoms with Crippen molar-refractivity contribution in [2.45, 2.75) is 49.3 Å². The standard InChI is InChI=1S/C26H34N2O5S/c1-25(2,3)19-6-8-20(9-7-19)26(12-13-26)24(29)27-14-16-28(17-15-27)34(30,31)21-10-11-22(32-4)23(18-21)33-5/h6-11,18H,12-17H2,1-5H3. The Bertz CT molecular complexity index is 1160. The first-order chi connectivity index (χ1) is 16.0. The molecule has 2 aromatic rings. The van der Waals surface area contributed by atoms with Crippen molar-refractivity contribution in [3.05, 3.63) is 53.6 Å². The van der Waals surface area contributed by atoms with Gasteiger partial charge in [-0.3, -0.25) is 4.79 Å². The predicted molar refractivity (Wildman–Crippen MR) is 131 cm³/mol. The number of piperazine rings is 1. The van der Waals surface area contributed by atoms with Crippen LogP contribution < -0.4 is 9.47 Å². The SMILES string of the molecule is COc1ccc(S(=O)(=O)N2CCN(C(=O)C3(c4ccc(C(C)(C)C)cc4)CC3)CC2)cc1OC. The zero-order chi connectivity index (χ0) is 24.7. The topological polar surface area (TPSA) is 76.2 Å². The predicted octanol–water partition coefficient (Wildman–Crippen LogP) is 3.57. The Labute approximate surface area is 202 Å². The summed E-state index contributed by atoms with van der Waals surface area (Å²) in [4.78, 5) is 15.5. The van der Waals surface area contributed by atoms with Gasteiger partial charge in [0.25, 0.3) is 0 Å². The van der Waals surface area contributed by atoms with Crippen molar-refractivity contribution in [1.82, 2.24) is 9.21 Å². The van der Waals surface area contributed by atoms with E-state index in [4.69, 9.17) is 9.47 Å². The van der Waals surface area contributed by atoms with Crippen molar-refractivity contribution in [2.24, 2.45) is 0 Å². The van der Waals surface area contributed by atoms with Gasteiger partial charge in [-0.1, -0.05) is 45.0 Å². The fraction of sp³-hybridized carbons (Fsp3) is 0.500. The fourth-order valence-electron chi connectivity index (χ4n) is 4.60. The highest BCUT2D eigenvalue weighted by Gasteiger charge is 2.53. The maximum atomic E-state index is 13.5. The average Bonchev–Trinajstić information content (AvgIpc) is 3.65. The zero-order valence-electron chi connectivity index (χ0n) is 20.6. The molecule has 1 saturated carbocycles. The van der Waals surface area contributed by atoms with Gasteiger partial charge in [0.1, 0.15) is 0 Å². The quantitative estimate of drug-likeness (QED) is 0.624. The summed E-state index contributed by atoms with van der Waals surface area (Å²) in [6, 6.07) is 13.0. The monoisotopic (exact) mass is 486 g/mol. The molecule has 0 spiro atoms. The van der Waals surface area contributed by atoms with Crippen LogP contribution in [0.3, 0.4) is 0 Å². The molecule has 0 aromatic heterocycles. The van der Waals surface area contributed by atoms with E-state index >= 15 is 0 Å². The van der Waals surface area contributed by atoms with E-state index in [-0.39, 0.29) is 29.3 Å². The summed E-state index contributed by atoms with van der Waals surface area (Å²) in [7, 11) is -0.717. The molecule has 34 heavy (non-hydrogen) atoms. The molecule has 4 rings (SSSR count). The minimum absolute atomic E-state index is 0.0645. The van der Waals surface area contributed by atoms with E-state index in [0.29, 0.717) is 24.6 Å². The van der Waals surface area contributed by atoms with Crippen LogP contribution in [-0.4, -0.2) is 63.9 Å². The molecule has 184 valence electrons. The summed E-state index contributed by atoms with van der Waals surface area (Å²) >= 11 is 0. The van der Waals surface area contributed by atoms with Crippen LogP contribution in [0, 0.1) is 0 Å². The van der Waals surface area contributed by atoms with E-state index in [0.717, 1.165) is 18.4 Å². The molecule has 0 bridgehead atoms. The van der Waals surface area contributed by atoms with Crippen LogP contribution in [0.2, 0.25) is 0 Å². The van der Waals surface area contributed by atoms with Crippen molar-refractivity contribution in [2.75, 3.05) is 40.4 Å². The minimum atomic E-state index is -3.70. The number of rotatable bonds is 6. The van der Waals surface area contributed by atoms with Gasteiger partial charge >= 0.3 is 0 Å². The van der Waals surface area contributed by atoms with Gasteiger partial charge < -0.3 is 14.4 Å². The van der Waals surface area contributed by atoms with E-state index < -0.39 is 15.4 Å². The molecular formula is C26H34N2O5S. The average molecular weight is 487 g/mol. The van der Waals surface area contributed by atoms with E-state index in [2.05, 4.69) is 45.0 Å². The molecule has 0 atom stereocenters. The molecule has 1 amide bonds. The molecule has 8 heteroatoms. The lowest BCUT2D eigenvalue weighted by atomic mass is 9.84. The summed E-state index contributed by atoms with van der Waals surface area (Å²) in [5, 5.41) is 0. The Morgan fingerprint density at radius 1 is 0.882 bits per heavy atom. The van der Waals surface area contributed by atoms with Crippen LogP contribution in [0.15, 0.2) is 47.4 Å². The summed E-state index contributed by atoms with van der Waals surface area (Å²) in [5.74, 6) is 0.951. The Balaban J connectivity index is 1.45. The van der Waals surface area contributed by atoms with Crippen molar-refractivity contribution < 1.29 is 22.7 Å². The van der Waals surface area contributed by atoms with Crippen LogP contribution in [0.25, 0.3) is 0 Å². The Kier molecular flexibility index (Phi) is 6.42. The largest absolute Gasteiger partial charge is 0.493 e. The molecule has 0 N–H and O–H groups in total. The molecule has 0 unspecified atom stereocenters. The number of carbonyl (C=O) groups excluding carboxylic acids is 1. The summed E-state index contributed by atoms with van der Waals surface area (Å²) in [6.45, 7) is 7.82. The summed E-state index contributed by atoms with van der Waals surface area (Å²) in [6.07, 6.45) is 1.68. The Morgan fingerprint density at radius 3 is 1.97 bits per heavy atom. The minimum Gasteiger partial charge on any atom is -0.493 e. The van der Waals surface area contributed by atoms with Gasteiger partial charge in [0.2, 0.25) is 15.9 Å². The smallest absolute Gasteiger partial charge is 0.243 e. The number of benzene rings is 2. The second-order valence-electron chi connectivity index (χ2n) is 10.1. The molecule has 2 aromatic carbocycles. The molecule has 2 fully saturated rings. The Morgan fingerprint density at radius 2 is 1.47 bits per heavy atom. The van der Waals surface area contributed by atoms with Crippen molar-refractivity contribution in [3.63, 3.8) is 0 Å². The number of methoxy groups -OCH3 is 2. The Hall–Kier alpha value is -2.58. The lowest BCUT2D eigenvalue weighted by molar-refractivity contribution is -0.135. The zero-order valence-corrected chi connectivity index (χ0v) is 21.4. The normalized spacial score (nSPS) is 18.4. The van der Waals surface area contributed by atoms with Crippen molar-refractivity contribution >= 4 is 15.9 Å². The number of hydrogen-bond donors (Lipinski definition) is 0. The van der Waals surface area contributed by atoms with Gasteiger partial charge in [-0.2, -0.15) is 4.31 Å². The van der Waals surface area contributed by atoms with Crippen LogP contribution >= 0.6 is 0 Å². The molecule has 1 aliphatic carbocycles. The van der Waals surface area contributed by atoms with Gasteiger partial charge in [-0.25, -0.2) is 8.42 Å². The highest BCUT2D eigenvalue weighted by atomic mass is 32.2. The molecule has 0 radical (unpaired) electrons. The lowest BCUT2D eigenvalue weighted by Crippen LogP contribution is -2.52. The number of ether oxygens (including phenoxy) is 2. The van der Waals surface area contributed by atoms with Gasteiger partial charge in [0.05, 0.1) is 24.5 Å². The van der Waals surface area contributed by atoms with Crippen molar-refractivity contribution in [3.8, 4) is 11.5 Å². The number of sulfonamides is 1. The third-order valence-corrected chi connectivity index (χ3v) is 8.88. The third kappa shape index (κ3) is 4.41. The molecule has 1 heterocycles. The number of amides is 1. The fourth-order valence-corrected chi connectivity index (χ4v) is 6.04. The van der Waals surface area contributed by atoms with Crippen molar-refractivity contribution in [1.29, 1.82) is 0 Å². The maximum absolute atomic E-state index is 13.5. The number of hydrogen-bond acceptors (Lipinski definition) is 5. The molecular weight excluding hydrogens is 452 g/mol. The number of nitrogens with zero attached hydrogens (tertiary/aromatic N) is 2. The molecule has 1 saturated heterocycles. The van der Waals surface area contributed by atoms with E-state index in [1.807, 2.05) is 4.90 Å². The van der Waals surface area contributed by atoms with Gasteiger partial charge in [0.15, 0.2) is 11.5 Å². The van der Waals surface area contributed by atoms with Gasteiger partial charge in [0, 0.05) is 32.2 Å². The number of carbonyl (C=O) groups is 1. The van der Waals surface area contributed by atoms with Gasteiger partial charge in [-0.15, -0.1) is 0 Å². The first-order valence-corrected chi connectivity index (χ1v) is 13.1. The highest BCUT2D eigenvalue weighted by Crippen LogP contribution is 2.50. The van der Waals surface area contributed by atoms with E-state index in [1.54, 1.807) is 6.07 Å². The van der Waals surface area contributed by atoms with Crippen LogP contribution in [0.1, 0.15) is 44.7 Å². The van der Waals surface area contributed by atoms with Crippen LogP contribution in [-0.2, 0) is 25.6 Å². The van der Waals surface area contributed by atoms with E-state index in [9.17, 15) is 13.2 Å². The van der Waals surface area contributed by atoms with Crippen LogP contribution in [0.5, 0.6) is 11.5 Å². The summed E-state index contributed by atoms with van der Waals surface area (Å²) in [5.41, 5.74) is 1.91. The first kappa shape index (κ1) is 24.5.